The summed E-state index contributed by atoms with van der Waals surface area (Å²) in [4.78, 5) is 11.0. The first-order valence-electron chi connectivity index (χ1n) is 6.32. The van der Waals surface area contributed by atoms with Crippen LogP contribution in [-0.4, -0.2) is 32.4 Å². The van der Waals surface area contributed by atoms with Crippen LogP contribution in [0.4, 0.5) is 18.9 Å². The number of halogens is 3. The van der Waals surface area contributed by atoms with Gasteiger partial charge in [0.05, 0.1) is 14.2 Å². The van der Waals surface area contributed by atoms with E-state index in [2.05, 4.69) is 10.1 Å². The molecule has 0 saturated carbocycles. The second kappa shape index (κ2) is 7.19. The van der Waals surface area contributed by atoms with E-state index in [1.54, 1.807) is 19.1 Å². The minimum Gasteiger partial charge on any atom is -0.497 e. The van der Waals surface area contributed by atoms with Crippen LogP contribution >= 0.6 is 0 Å². The van der Waals surface area contributed by atoms with Gasteiger partial charge < -0.3 is 14.8 Å². The molecule has 21 heavy (non-hydrogen) atoms. The fraction of sp³-hybridized carbons (Fsp3) is 0.500. The summed E-state index contributed by atoms with van der Waals surface area (Å²) >= 11 is 0. The molecule has 0 saturated heterocycles. The molecule has 1 rings (SSSR count). The van der Waals surface area contributed by atoms with E-state index < -0.39 is 18.2 Å². The summed E-state index contributed by atoms with van der Waals surface area (Å²) in [5.74, 6) is -0.103. The van der Waals surface area contributed by atoms with Gasteiger partial charge in [-0.05, 0) is 37.1 Å². The fourth-order valence-electron chi connectivity index (χ4n) is 1.79. The van der Waals surface area contributed by atoms with E-state index in [9.17, 15) is 18.0 Å². The summed E-state index contributed by atoms with van der Waals surface area (Å²) in [6.45, 7) is 1.68. The maximum Gasteiger partial charge on any atom is 0.408 e. The molecule has 0 unspecified atom stereocenters. The number of anilines is 1. The molecule has 1 atom stereocenters. The minimum absolute atomic E-state index is 0.303. The molecule has 0 bridgehead atoms. The maximum absolute atomic E-state index is 13.0. The van der Waals surface area contributed by atoms with Crippen LogP contribution in [0.25, 0.3) is 0 Å². The van der Waals surface area contributed by atoms with Crippen LogP contribution in [0.3, 0.4) is 0 Å². The van der Waals surface area contributed by atoms with Crippen LogP contribution in [0, 0.1) is 6.92 Å². The smallest absolute Gasteiger partial charge is 0.408 e. The van der Waals surface area contributed by atoms with Gasteiger partial charge in [0.25, 0.3) is 0 Å². The van der Waals surface area contributed by atoms with E-state index in [0.29, 0.717) is 17.0 Å². The lowest BCUT2D eigenvalue weighted by Gasteiger charge is -2.23. The Morgan fingerprint density at radius 1 is 1.33 bits per heavy atom. The number of alkyl halides is 3. The highest BCUT2D eigenvalue weighted by Gasteiger charge is 2.39. The van der Waals surface area contributed by atoms with E-state index in [0.717, 1.165) is 7.11 Å². The minimum atomic E-state index is -4.46. The zero-order valence-corrected chi connectivity index (χ0v) is 12.1. The van der Waals surface area contributed by atoms with Gasteiger partial charge in [0.2, 0.25) is 0 Å². The molecular weight excluding hydrogens is 287 g/mol. The first-order valence-corrected chi connectivity index (χ1v) is 6.32. The number of hydrogen-bond acceptors (Lipinski definition) is 4. The van der Waals surface area contributed by atoms with Crippen LogP contribution in [0.1, 0.15) is 18.4 Å². The number of esters is 1. The molecule has 118 valence electrons. The van der Waals surface area contributed by atoms with Gasteiger partial charge in [-0.2, -0.15) is 13.2 Å². The second-order valence-corrected chi connectivity index (χ2v) is 4.53. The zero-order chi connectivity index (χ0) is 16.0. The Labute approximate surface area is 121 Å². The van der Waals surface area contributed by atoms with Gasteiger partial charge in [0, 0.05) is 12.1 Å². The van der Waals surface area contributed by atoms with Crippen molar-refractivity contribution in [3.63, 3.8) is 0 Å². The summed E-state index contributed by atoms with van der Waals surface area (Å²) in [7, 11) is 2.63. The number of carbonyl (C=O) groups is 1. The standard InChI is InChI=1S/C14H18F3NO3/c1-9-8-10(20-2)4-5-11(9)18-12(14(15,16)17)6-7-13(19)21-3/h4-5,8,12,18H,6-7H2,1-3H3/t12-/m0/s1. The highest BCUT2D eigenvalue weighted by atomic mass is 19.4. The summed E-state index contributed by atoms with van der Waals surface area (Å²) in [5.41, 5.74) is 0.977. The molecule has 1 N–H and O–H groups in total. The molecule has 0 amide bonds. The number of methoxy groups -OCH3 is 2. The van der Waals surface area contributed by atoms with Crippen molar-refractivity contribution in [1.82, 2.24) is 0 Å². The summed E-state index contributed by atoms with van der Waals surface area (Å²) in [6.07, 6.45) is -5.15. The van der Waals surface area contributed by atoms with Gasteiger partial charge in [0.1, 0.15) is 11.8 Å². The topological polar surface area (TPSA) is 47.6 Å². The Morgan fingerprint density at radius 3 is 2.48 bits per heavy atom. The van der Waals surface area contributed by atoms with Crippen LogP contribution in [0.15, 0.2) is 18.2 Å². The van der Waals surface area contributed by atoms with Crippen LogP contribution < -0.4 is 10.1 Å². The predicted octanol–water partition coefficient (Wildman–Crippen LogP) is 3.30. The van der Waals surface area contributed by atoms with Gasteiger partial charge in [-0.25, -0.2) is 0 Å². The average molecular weight is 305 g/mol. The quantitative estimate of drug-likeness (QED) is 0.819. The van der Waals surface area contributed by atoms with Crippen molar-refractivity contribution < 1.29 is 27.4 Å². The fourth-order valence-corrected chi connectivity index (χ4v) is 1.79. The van der Waals surface area contributed by atoms with Crippen LogP contribution in [0.2, 0.25) is 0 Å². The van der Waals surface area contributed by atoms with E-state index in [4.69, 9.17) is 4.74 Å². The SMILES string of the molecule is COC(=O)CC[C@H](Nc1ccc(OC)cc1C)C(F)(F)F. The number of nitrogens with one attached hydrogen (secondary N) is 1. The molecule has 0 radical (unpaired) electrons. The molecule has 0 aromatic heterocycles. The van der Waals surface area contributed by atoms with Gasteiger partial charge in [0.15, 0.2) is 0 Å². The molecule has 1 aromatic carbocycles. The lowest BCUT2D eigenvalue weighted by molar-refractivity contribution is -0.149. The molecule has 0 aliphatic heterocycles. The first kappa shape index (κ1) is 17.1. The highest BCUT2D eigenvalue weighted by molar-refractivity contribution is 5.69. The normalized spacial score (nSPS) is 12.7. The molecule has 0 fully saturated rings. The van der Waals surface area contributed by atoms with E-state index in [1.807, 2.05) is 0 Å². The monoisotopic (exact) mass is 305 g/mol. The van der Waals surface area contributed by atoms with E-state index >= 15 is 0 Å². The third kappa shape index (κ3) is 5.17. The molecule has 4 nitrogen and oxygen atoms in total. The average Bonchev–Trinajstić information content (AvgIpc) is 2.42. The van der Waals surface area contributed by atoms with Crippen molar-refractivity contribution in [1.29, 1.82) is 0 Å². The number of carbonyl (C=O) groups excluding carboxylic acids is 1. The summed E-state index contributed by atoms with van der Waals surface area (Å²) in [5, 5.41) is 2.43. The molecule has 7 heteroatoms. The Morgan fingerprint density at radius 2 is 2.00 bits per heavy atom. The number of rotatable bonds is 6. The van der Waals surface area contributed by atoms with Gasteiger partial charge in [-0.1, -0.05) is 0 Å². The molecule has 1 aromatic rings. The number of benzene rings is 1. The Kier molecular flexibility index (Phi) is 5.87. The van der Waals surface area contributed by atoms with Crippen molar-refractivity contribution in [2.24, 2.45) is 0 Å². The number of hydrogen-bond donors (Lipinski definition) is 1. The number of aryl methyl sites for hydroxylation is 1. The Bertz CT molecular complexity index is 489. The molecular formula is C14H18F3NO3. The van der Waals surface area contributed by atoms with Crippen molar-refractivity contribution in [2.75, 3.05) is 19.5 Å². The Balaban J connectivity index is 2.84. The third-order valence-corrected chi connectivity index (χ3v) is 3.02. The maximum atomic E-state index is 13.0. The molecule has 0 heterocycles. The summed E-state index contributed by atoms with van der Waals surface area (Å²) < 4.78 is 48.4. The number of ether oxygens (including phenoxy) is 2. The summed E-state index contributed by atoms with van der Waals surface area (Å²) in [6, 6.07) is 2.91. The third-order valence-electron chi connectivity index (χ3n) is 3.02. The molecule has 0 spiro atoms. The lowest BCUT2D eigenvalue weighted by Crippen LogP contribution is -2.37. The van der Waals surface area contributed by atoms with Crippen LogP contribution in [-0.2, 0) is 9.53 Å². The van der Waals surface area contributed by atoms with Crippen molar-refractivity contribution in [2.45, 2.75) is 32.0 Å². The predicted molar refractivity (Wildman–Crippen MR) is 72.4 cm³/mol. The van der Waals surface area contributed by atoms with Crippen LogP contribution in [0.5, 0.6) is 5.75 Å². The zero-order valence-electron chi connectivity index (χ0n) is 12.1. The second-order valence-electron chi connectivity index (χ2n) is 4.53. The lowest BCUT2D eigenvalue weighted by atomic mass is 10.1. The van der Waals surface area contributed by atoms with Crippen molar-refractivity contribution >= 4 is 11.7 Å². The van der Waals surface area contributed by atoms with Gasteiger partial charge >= 0.3 is 12.1 Å². The molecule has 0 aliphatic carbocycles. The van der Waals surface area contributed by atoms with E-state index in [-0.39, 0.29) is 12.8 Å². The van der Waals surface area contributed by atoms with E-state index in [1.165, 1.54) is 13.2 Å². The largest absolute Gasteiger partial charge is 0.497 e. The van der Waals surface area contributed by atoms with Gasteiger partial charge in [-0.15, -0.1) is 0 Å². The Hall–Kier alpha value is -1.92. The highest BCUT2D eigenvalue weighted by Crippen LogP contribution is 2.29. The van der Waals surface area contributed by atoms with Crippen molar-refractivity contribution in [3.8, 4) is 5.75 Å². The molecule has 0 aliphatic rings. The first-order chi connectivity index (χ1) is 9.77. The van der Waals surface area contributed by atoms with Gasteiger partial charge in [-0.3, -0.25) is 4.79 Å². The van der Waals surface area contributed by atoms with Crippen molar-refractivity contribution in [3.05, 3.63) is 23.8 Å².